The van der Waals surface area contributed by atoms with Gasteiger partial charge in [-0.05, 0) is 0 Å². The second-order valence-electron chi connectivity index (χ2n) is 6.55. The zero-order valence-corrected chi connectivity index (χ0v) is 21.4. The summed E-state index contributed by atoms with van der Waals surface area (Å²) in [6, 6.07) is 5.27. The van der Waals surface area contributed by atoms with Gasteiger partial charge in [-0.3, -0.25) is 0 Å². The van der Waals surface area contributed by atoms with Crippen LogP contribution in [-0.4, -0.2) is 78.2 Å². The molecule has 0 spiro atoms. The number of hydrogen-bond donors (Lipinski definition) is 0. The van der Waals surface area contributed by atoms with Crippen LogP contribution >= 0.6 is 0 Å². The SMILES string of the molecule is CO[Si](CCC(F)(F)F)(OC)OC.CO[Si](OC)(OC)C(F)(F)C(F)C(F)(F)c1ccccc1. The Morgan fingerprint density at radius 2 is 1.12 bits per heavy atom. The van der Waals surface area contributed by atoms with Gasteiger partial charge in [0.05, 0.1) is 0 Å². The molecule has 0 aliphatic carbocycles. The molecule has 0 radical (unpaired) electrons. The summed E-state index contributed by atoms with van der Waals surface area (Å²) in [4.78, 5) is 0. The van der Waals surface area contributed by atoms with E-state index in [4.69, 9.17) is 13.3 Å². The van der Waals surface area contributed by atoms with E-state index in [1.807, 2.05) is 0 Å². The van der Waals surface area contributed by atoms with Gasteiger partial charge in [0.15, 0.2) is 0 Å². The molecule has 0 fully saturated rings. The van der Waals surface area contributed by atoms with Crippen molar-refractivity contribution in [2.45, 2.75) is 36.3 Å². The van der Waals surface area contributed by atoms with E-state index in [2.05, 4.69) is 13.3 Å². The number of benzene rings is 1. The van der Waals surface area contributed by atoms with Gasteiger partial charge in [0.1, 0.15) is 0 Å². The standard InChI is InChI=1S/C12H15F5O3Si.C6H13F3O3Si/c1-18-21(19-2,20-3)12(16,17)10(13)11(14,15)9-7-5-4-6-8-9;1-10-13(11-2,12-3)5-4-6(7,8)9/h4-8,10H,1-3H3;4-5H2,1-3H3. The zero-order valence-electron chi connectivity index (χ0n) is 19.4. The highest BCUT2D eigenvalue weighted by atomic mass is 28.4. The summed E-state index contributed by atoms with van der Waals surface area (Å²) in [5.41, 5.74) is -5.51. The van der Waals surface area contributed by atoms with Crippen molar-refractivity contribution >= 4 is 17.6 Å². The van der Waals surface area contributed by atoms with Gasteiger partial charge in [-0.25, -0.2) is 4.39 Å². The normalized spacial score (nSPS) is 14.4. The molecule has 16 heteroatoms. The molecule has 0 saturated carbocycles. The molecule has 0 aliphatic rings. The van der Waals surface area contributed by atoms with E-state index in [0.717, 1.165) is 33.5 Å². The molecule has 1 rings (SSSR count). The molecule has 0 saturated heterocycles. The molecule has 0 aliphatic heterocycles. The molecule has 0 bridgehead atoms. The Labute approximate surface area is 194 Å². The molecule has 200 valence electrons. The van der Waals surface area contributed by atoms with Crippen LogP contribution in [0, 0.1) is 0 Å². The van der Waals surface area contributed by atoms with Gasteiger partial charge >= 0.3 is 35.3 Å². The first-order valence-corrected chi connectivity index (χ1v) is 13.1. The molecule has 1 aromatic carbocycles. The summed E-state index contributed by atoms with van der Waals surface area (Å²) < 4.78 is 134. The Hall–Kier alpha value is -1.15. The van der Waals surface area contributed by atoms with Crippen LogP contribution in [0.3, 0.4) is 0 Å². The van der Waals surface area contributed by atoms with E-state index >= 15 is 0 Å². The Balaban J connectivity index is 0.000000722. The first-order valence-electron chi connectivity index (χ1n) is 9.41. The molecule has 1 aromatic rings. The summed E-state index contributed by atoms with van der Waals surface area (Å²) in [6.07, 6.45) is -9.01. The number of hydrogen-bond acceptors (Lipinski definition) is 6. The number of halogens is 8. The number of rotatable bonds is 12. The Kier molecular flexibility index (Phi) is 12.8. The van der Waals surface area contributed by atoms with Gasteiger partial charge in [-0.1, -0.05) is 30.3 Å². The van der Waals surface area contributed by atoms with E-state index in [9.17, 15) is 35.1 Å². The van der Waals surface area contributed by atoms with Crippen molar-refractivity contribution in [3.63, 3.8) is 0 Å². The molecule has 1 atom stereocenters. The van der Waals surface area contributed by atoms with Crippen LogP contribution in [0.15, 0.2) is 30.3 Å². The lowest BCUT2D eigenvalue weighted by Crippen LogP contribution is -2.66. The molecule has 0 amide bonds. The first kappa shape index (κ1) is 32.9. The third kappa shape index (κ3) is 7.94. The van der Waals surface area contributed by atoms with Gasteiger partial charge < -0.3 is 26.6 Å². The first-order chi connectivity index (χ1) is 15.6. The maximum atomic E-state index is 14.2. The lowest BCUT2D eigenvalue weighted by molar-refractivity contribution is -0.178. The van der Waals surface area contributed by atoms with Crippen molar-refractivity contribution in [2.75, 3.05) is 42.7 Å². The number of alkyl halides is 8. The van der Waals surface area contributed by atoms with E-state index < -0.39 is 53.4 Å². The fourth-order valence-electron chi connectivity index (χ4n) is 2.70. The molecule has 34 heavy (non-hydrogen) atoms. The zero-order chi connectivity index (χ0) is 26.8. The lowest BCUT2D eigenvalue weighted by atomic mass is 10.0. The summed E-state index contributed by atoms with van der Waals surface area (Å²) in [5.74, 6) is -4.43. The third-order valence-electron chi connectivity index (χ3n) is 4.66. The summed E-state index contributed by atoms with van der Waals surface area (Å²) in [5, 5.41) is 0. The monoisotopic (exact) mass is 548 g/mol. The Bertz CT molecular complexity index is 687. The Morgan fingerprint density at radius 1 is 0.706 bits per heavy atom. The van der Waals surface area contributed by atoms with Crippen molar-refractivity contribution in [1.29, 1.82) is 0 Å². The van der Waals surface area contributed by atoms with Crippen LogP contribution in [0.5, 0.6) is 0 Å². The highest BCUT2D eigenvalue weighted by molar-refractivity contribution is 6.63. The van der Waals surface area contributed by atoms with Crippen molar-refractivity contribution in [3.05, 3.63) is 35.9 Å². The molecule has 6 nitrogen and oxygen atoms in total. The van der Waals surface area contributed by atoms with Crippen molar-refractivity contribution in [1.82, 2.24) is 0 Å². The highest BCUT2D eigenvalue weighted by Crippen LogP contribution is 2.45. The summed E-state index contributed by atoms with van der Waals surface area (Å²) in [6.45, 7) is 0. The second kappa shape index (κ2) is 13.2. The van der Waals surface area contributed by atoms with Gasteiger partial charge in [0.2, 0.25) is 6.17 Å². The average Bonchev–Trinajstić information content (AvgIpc) is 2.81. The average molecular weight is 549 g/mol. The van der Waals surface area contributed by atoms with Gasteiger partial charge in [0, 0.05) is 60.7 Å². The van der Waals surface area contributed by atoms with Crippen molar-refractivity contribution in [2.24, 2.45) is 0 Å². The fourth-order valence-corrected chi connectivity index (χ4v) is 6.21. The van der Waals surface area contributed by atoms with E-state index in [0.29, 0.717) is 0 Å². The molecule has 0 aromatic heterocycles. The van der Waals surface area contributed by atoms with Gasteiger partial charge in [-0.15, -0.1) is 0 Å². The van der Waals surface area contributed by atoms with Crippen LogP contribution < -0.4 is 0 Å². The Morgan fingerprint density at radius 3 is 1.44 bits per heavy atom. The molecular weight excluding hydrogens is 520 g/mol. The van der Waals surface area contributed by atoms with E-state index in [1.165, 1.54) is 39.5 Å². The van der Waals surface area contributed by atoms with Crippen LogP contribution in [-0.2, 0) is 32.5 Å². The highest BCUT2D eigenvalue weighted by Gasteiger charge is 2.73. The maximum absolute atomic E-state index is 14.2. The maximum Gasteiger partial charge on any atom is 0.577 e. The van der Waals surface area contributed by atoms with Crippen LogP contribution in [0.4, 0.5) is 35.1 Å². The van der Waals surface area contributed by atoms with Crippen LogP contribution in [0.1, 0.15) is 12.0 Å². The summed E-state index contributed by atoms with van der Waals surface area (Å²) >= 11 is 0. The topological polar surface area (TPSA) is 55.4 Å². The quantitative estimate of drug-likeness (QED) is 0.271. The molecule has 0 heterocycles. The smallest absolute Gasteiger partial charge is 0.377 e. The van der Waals surface area contributed by atoms with E-state index in [1.54, 1.807) is 0 Å². The minimum atomic E-state index is -4.94. The second-order valence-corrected chi connectivity index (χ2v) is 12.6. The minimum absolute atomic E-state index is 0.250. The van der Waals surface area contributed by atoms with Crippen molar-refractivity contribution < 1.29 is 61.7 Å². The van der Waals surface area contributed by atoms with Crippen molar-refractivity contribution in [3.8, 4) is 0 Å². The summed E-state index contributed by atoms with van der Waals surface area (Å²) in [7, 11) is -1.75. The predicted octanol–water partition coefficient (Wildman–Crippen LogP) is 4.99. The minimum Gasteiger partial charge on any atom is -0.377 e. The molecule has 0 N–H and O–H groups in total. The lowest BCUT2D eigenvalue weighted by Gasteiger charge is -2.36. The molecular formula is C18H28F8O6Si2. The van der Waals surface area contributed by atoms with Gasteiger partial charge in [0.25, 0.3) is 0 Å². The molecule has 1 unspecified atom stereocenters. The van der Waals surface area contributed by atoms with Crippen LogP contribution in [0.25, 0.3) is 0 Å². The van der Waals surface area contributed by atoms with Crippen LogP contribution in [0.2, 0.25) is 6.04 Å². The third-order valence-corrected chi connectivity index (χ3v) is 10.1. The van der Waals surface area contributed by atoms with E-state index in [-0.39, 0.29) is 6.04 Å². The largest absolute Gasteiger partial charge is 0.577 e. The predicted molar refractivity (Wildman–Crippen MR) is 109 cm³/mol. The van der Waals surface area contributed by atoms with Gasteiger partial charge in [-0.2, -0.15) is 30.7 Å². The fraction of sp³-hybridized carbons (Fsp3) is 0.667.